The van der Waals surface area contributed by atoms with Crippen LogP contribution in [0.15, 0.2) is 34.9 Å². The van der Waals surface area contributed by atoms with Crippen LogP contribution in [0.3, 0.4) is 0 Å². The number of ether oxygens (including phenoxy) is 1. The molecule has 1 aliphatic heterocycles. The number of nitrogens with zero attached hydrogens (tertiary/aromatic N) is 1. The van der Waals surface area contributed by atoms with Gasteiger partial charge in [-0.15, -0.1) is 0 Å². The van der Waals surface area contributed by atoms with E-state index < -0.39 is 0 Å². The van der Waals surface area contributed by atoms with Crippen LogP contribution in [0, 0.1) is 0 Å². The molecule has 3 heteroatoms. The Hall–Kier alpha value is -0.800. The van der Waals surface area contributed by atoms with Crippen molar-refractivity contribution in [1.29, 1.82) is 0 Å². The summed E-state index contributed by atoms with van der Waals surface area (Å²) in [6.07, 6.45) is 4.94. The van der Waals surface area contributed by atoms with E-state index in [0.717, 1.165) is 17.6 Å². The van der Waals surface area contributed by atoms with Crippen molar-refractivity contribution in [3.63, 3.8) is 0 Å². The summed E-state index contributed by atoms with van der Waals surface area (Å²) < 4.78 is 9.12. The van der Waals surface area contributed by atoms with Gasteiger partial charge in [-0.05, 0) is 31.0 Å². The van der Waals surface area contributed by atoms with Crippen molar-refractivity contribution in [2.45, 2.75) is 25.5 Å². The Bertz CT molecular complexity index is 500. The summed E-state index contributed by atoms with van der Waals surface area (Å²) >= 11 is 3.58. The molecule has 0 amide bonds. The molecule has 0 aliphatic carbocycles. The first-order chi connectivity index (χ1) is 7.84. The molecule has 0 saturated carbocycles. The van der Waals surface area contributed by atoms with E-state index in [1.165, 1.54) is 23.7 Å². The maximum absolute atomic E-state index is 5.67. The molecule has 3 rings (SSSR count). The zero-order chi connectivity index (χ0) is 11.0. The molecule has 0 radical (unpaired) electrons. The molecule has 1 unspecified atom stereocenters. The highest BCUT2D eigenvalue weighted by molar-refractivity contribution is 9.10. The molecule has 2 nitrogen and oxygen atoms in total. The molecule has 84 valence electrons. The van der Waals surface area contributed by atoms with Crippen LogP contribution in [0.5, 0.6) is 0 Å². The van der Waals surface area contributed by atoms with E-state index in [9.17, 15) is 0 Å². The molecule has 1 fully saturated rings. The zero-order valence-corrected chi connectivity index (χ0v) is 10.6. The van der Waals surface area contributed by atoms with E-state index in [-0.39, 0.29) is 0 Å². The molecule has 0 bridgehead atoms. The smallest absolute Gasteiger partial charge is 0.0754 e. The minimum Gasteiger partial charge on any atom is -0.376 e. The number of hydrogen-bond acceptors (Lipinski definition) is 1. The largest absolute Gasteiger partial charge is 0.376 e. The molecular weight excluding hydrogens is 266 g/mol. The SMILES string of the molecule is Brc1cccc2c1ccn2CC1CCCO1. The van der Waals surface area contributed by atoms with Gasteiger partial charge in [0, 0.05) is 34.7 Å². The van der Waals surface area contributed by atoms with Crippen molar-refractivity contribution in [3.8, 4) is 0 Å². The number of rotatable bonds is 2. The predicted molar refractivity (Wildman–Crippen MR) is 68.6 cm³/mol. The maximum Gasteiger partial charge on any atom is 0.0754 e. The van der Waals surface area contributed by atoms with Crippen molar-refractivity contribution in [2.24, 2.45) is 0 Å². The van der Waals surface area contributed by atoms with Gasteiger partial charge in [-0.3, -0.25) is 0 Å². The van der Waals surface area contributed by atoms with Crippen molar-refractivity contribution in [2.75, 3.05) is 6.61 Å². The quantitative estimate of drug-likeness (QED) is 0.820. The zero-order valence-electron chi connectivity index (χ0n) is 9.03. The van der Waals surface area contributed by atoms with E-state index >= 15 is 0 Å². The predicted octanol–water partition coefficient (Wildman–Crippen LogP) is 3.58. The number of fused-ring (bicyclic) bond motifs is 1. The molecule has 2 heterocycles. The van der Waals surface area contributed by atoms with Crippen molar-refractivity contribution in [1.82, 2.24) is 4.57 Å². The average Bonchev–Trinajstić information content (AvgIpc) is 2.90. The van der Waals surface area contributed by atoms with Gasteiger partial charge in [0.25, 0.3) is 0 Å². The molecule has 1 saturated heterocycles. The molecule has 1 aliphatic rings. The second-order valence-corrected chi connectivity index (χ2v) is 5.13. The first kappa shape index (κ1) is 10.4. The summed E-state index contributed by atoms with van der Waals surface area (Å²) in [6.45, 7) is 1.90. The normalized spacial score (nSPS) is 20.7. The van der Waals surface area contributed by atoms with Crippen LogP contribution in [0.25, 0.3) is 10.9 Å². The molecule has 1 aromatic heterocycles. The number of benzene rings is 1. The average molecular weight is 280 g/mol. The third-order valence-corrected chi connectivity index (χ3v) is 3.88. The van der Waals surface area contributed by atoms with E-state index in [4.69, 9.17) is 4.74 Å². The van der Waals surface area contributed by atoms with Crippen LogP contribution in [0.4, 0.5) is 0 Å². The molecule has 1 atom stereocenters. The lowest BCUT2D eigenvalue weighted by atomic mass is 10.2. The van der Waals surface area contributed by atoms with Gasteiger partial charge in [0.15, 0.2) is 0 Å². The van der Waals surface area contributed by atoms with Crippen LogP contribution >= 0.6 is 15.9 Å². The second kappa shape index (κ2) is 4.22. The van der Waals surface area contributed by atoms with Crippen LogP contribution in [0.1, 0.15) is 12.8 Å². The lowest BCUT2D eigenvalue weighted by Gasteiger charge is -2.11. The maximum atomic E-state index is 5.67. The van der Waals surface area contributed by atoms with Crippen LogP contribution in [-0.4, -0.2) is 17.3 Å². The Kier molecular flexibility index (Phi) is 2.74. The fourth-order valence-electron chi connectivity index (χ4n) is 2.35. The van der Waals surface area contributed by atoms with Gasteiger partial charge in [-0.1, -0.05) is 22.0 Å². The first-order valence-electron chi connectivity index (χ1n) is 5.69. The van der Waals surface area contributed by atoms with Crippen LogP contribution < -0.4 is 0 Å². The van der Waals surface area contributed by atoms with Crippen LogP contribution in [0.2, 0.25) is 0 Å². The van der Waals surface area contributed by atoms with Gasteiger partial charge in [0.1, 0.15) is 0 Å². The van der Waals surface area contributed by atoms with Gasteiger partial charge >= 0.3 is 0 Å². The molecule has 16 heavy (non-hydrogen) atoms. The monoisotopic (exact) mass is 279 g/mol. The lowest BCUT2D eigenvalue weighted by molar-refractivity contribution is 0.0980. The number of hydrogen-bond donors (Lipinski definition) is 0. The van der Waals surface area contributed by atoms with Crippen molar-refractivity contribution in [3.05, 3.63) is 34.9 Å². The number of aromatic nitrogens is 1. The summed E-state index contributed by atoms with van der Waals surface area (Å²) in [7, 11) is 0. The lowest BCUT2D eigenvalue weighted by Crippen LogP contribution is -2.13. The van der Waals surface area contributed by atoms with Gasteiger partial charge in [-0.25, -0.2) is 0 Å². The fraction of sp³-hybridized carbons (Fsp3) is 0.385. The summed E-state index contributed by atoms with van der Waals surface area (Å²) in [5.41, 5.74) is 1.28. The minimum absolute atomic E-state index is 0.398. The van der Waals surface area contributed by atoms with Crippen molar-refractivity contribution >= 4 is 26.8 Å². The summed E-state index contributed by atoms with van der Waals surface area (Å²) in [4.78, 5) is 0. The first-order valence-corrected chi connectivity index (χ1v) is 6.49. The standard InChI is InChI=1S/C13H14BrNO/c14-12-4-1-5-13-11(12)6-7-15(13)9-10-3-2-8-16-10/h1,4-7,10H,2-3,8-9H2. The highest BCUT2D eigenvalue weighted by Crippen LogP contribution is 2.26. The highest BCUT2D eigenvalue weighted by Gasteiger charge is 2.16. The van der Waals surface area contributed by atoms with E-state index in [1.54, 1.807) is 0 Å². The second-order valence-electron chi connectivity index (χ2n) is 4.28. The van der Waals surface area contributed by atoms with Gasteiger partial charge in [-0.2, -0.15) is 0 Å². The molecule has 0 N–H and O–H groups in total. The Balaban J connectivity index is 1.94. The van der Waals surface area contributed by atoms with Crippen LogP contribution in [-0.2, 0) is 11.3 Å². The summed E-state index contributed by atoms with van der Waals surface area (Å²) in [6, 6.07) is 8.49. The Morgan fingerprint density at radius 3 is 3.12 bits per heavy atom. The van der Waals surface area contributed by atoms with Gasteiger partial charge in [0.05, 0.1) is 6.10 Å². The third-order valence-electron chi connectivity index (χ3n) is 3.18. The summed E-state index contributed by atoms with van der Waals surface area (Å²) in [5, 5.41) is 1.28. The van der Waals surface area contributed by atoms with Gasteiger partial charge < -0.3 is 9.30 Å². The van der Waals surface area contributed by atoms with Gasteiger partial charge in [0.2, 0.25) is 0 Å². The van der Waals surface area contributed by atoms with Crippen molar-refractivity contribution < 1.29 is 4.74 Å². The number of halogens is 1. The Morgan fingerprint density at radius 2 is 2.31 bits per heavy atom. The fourth-order valence-corrected chi connectivity index (χ4v) is 2.84. The minimum atomic E-state index is 0.398. The third kappa shape index (κ3) is 1.78. The summed E-state index contributed by atoms with van der Waals surface area (Å²) in [5.74, 6) is 0. The molecule has 0 spiro atoms. The molecule has 2 aromatic rings. The van der Waals surface area contributed by atoms with E-state index in [0.29, 0.717) is 6.10 Å². The van der Waals surface area contributed by atoms with E-state index in [1.807, 2.05) is 0 Å². The highest BCUT2D eigenvalue weighted by atomic mass is 79.9. The Labute approximate surface area is 103 Å². The molecular formula is C13H14BrNO. The van der Waals surface area contributed by atoms with E-state index in [2.05, 4.69) is 51.0 Å². The molecule has 1 aromatic carbocycles. The Morgan fingerprint density at radius 1 is 1.38 bits per heavy atom. The topological polar surface area (TPSA) is 14.2 Å².